The number of hydrogen-bond acceptors (Lipinski definition) is 6. The van der Waals surface area contributed by atoms with Crippen molar-refractivity contribution < 1.29 is 9.18 Å². The Hall–Kier alpha value is -3.18. The second kappa shape index (κ2) is 8.49. The fourth-order valence-electron chi connectivity index (χ4n) is 5.74. The molecule has 3 heterocycles. The van der Waals surface area contributed by atoms with Crippen LogP contribution < -0.4 is 5.73 Å². The third-order valence-corrected chi connectivity index (χ3v) is 8.54. The van der Waals surface area contributed by atoms with Crippen molar-refractivity contribution >= 4 is 34.7 Å². The van der Waals surface area contributed by atoms with Crippen LogP contribution in [0.4, 0.5) is 4.39 Å². The smallest absolute Gasteiger partial charge is 0.239 e. The Morgan fingerprint density at radius 1 is 1.29 bits per heavy atom. The highest BCUT2D eigenvalue weighted by molar-refractivity contribution is 8.15. The van der Waals surface area contributed by atoms with Gasteiger partial charge in [-0.05, 0) is 74.6 Å². The molecular formula is C27H28FN5OS. The molecule has 1 fully saturated rings. The third-order valence-electron chi connectivity index (χ3n) is 7.47. The molecule has 1 aliphatic carbocycles. The lowest BCUT2D eigenvalue weighted by atomic mass is 9.66. The predicted octanol–water partition coefficient (Wildman–Crippen LogP) is 4.78. The fourth-order valence-corrected chi connectivity index (χ4v) is 6.93. The first kappa shape index (κ1) is 23.6. The van der Waals surface area contributed by atoms with E-state index in [1.807, 2.05) is 36.1 Å². The second-order valence-electron chi connectivity index (χ2n) is 10.1. The molecule has 4 atom stereocenters. The molecule has 0 bridgehead atoms. The van der Waals surface area contributed by atoms with Crippen LogP contribution in [-0.4, -0.2) is 37.8 Å². The number of pyridine rings is 1. The highest BCUT2D eigenvalue weighted by atomic mass is 32.2. The Kier molecular flexibility index (Phi) is 5.71. The number of nitriles is 1. The molecule has 6 nitrogen and oxygen atoms in total. The number of nitrogens with zero attached hydrogens (tertiary/aromatic N) is 4. The summed E-state index contributed by atoms with van der Waals surface area (Å²) in [6, 6.07) is 11.3. The Balaban J connectivity index is 1.45. The first-order valence-corrected chi connectivity index (χ1v) is 12.7. The minimum Gasteiger partial charge on any atom is -0.378 e. The van der Waals surface area contributed by atoms with Crippen LogP contribution in [-0.2, 0) is 16.8 Å². The first-order valence-electron chi connectivity index (χ1n) is 11.9. The summed E-state index contributed by atoms with van der Waals surface area (Å²) in [6.45, 7) is 6.21. The molecule has 1 aromatic carbocycles. The maximum absolute atomic E-state index is 14.9. The summed E-state index contributed by atoms with van der Waals surface area (Å²) in [5.41, 5.74) is 9.12. The maximum atomic E-state index is 14.9. The van der Waals surface area contributed by atoms with Crippen molar-refractivity contribution in [1.29, 1.82) is 5.26 Å². The van der Waals surface area contributed by atoms with E-state index in [9.17, 15) is 9.18 Å². The highest BCUT2D eigenvalue weighted by Crippen LogP contribution is 2.54. The Morgan fingerprint density at radius 2 is 2.03 bits per heavy atom. The summed E-state index contributed by atoms with van der Waals surface area (Å²) in [5.74, 6) is -0.360. The fraction of sp³-hybridized carbons (Fsp3) is 0.407. The molecule has 0 unspecified atom stereocenters. The summed E-state index contributed by atoms with van der Waals surface area (Å²) in [7, 11) is 0. The molecule has 2 aromatic rings. The summed E-state index contributed by atoms with van der Waals surface area (Å²) in [5, 5.41) is 9.34. The van der Waals surface area contributed by atoms with Crippen molar-refractivity contribution in [1.82, 2.24) is 9.88 Å². The number of carbonyl (C=O) groups is 1. The molecule has 180 valence electrons. The lowest BCUT2D eigenvalue weighted by Gasteiger charge is -2.49. The Morgan fingerprint density at radius 3 is 2.69 bits per heavy atom. The highest BCUT2D eigenvalue weighted by Gasteiger charge is 2.55. The topological polar surface area (TPSA) is 95.4 Å². The summed E-state index contributed by atoms with van der Waals surface area (Å²) in [6.07, 6.45) is 6.08. The van der Waals surface area contributed by atoms with Crippen LogP contribution in [0, 0.1) is 11.3 Å². The van der Waals surface area contributed by atoms with Crippen molar-refractivity contribution in [2.24, 2.45) is 10.7 Å². The molecule has 1 saturated heterocycles. The van der Waals surface area contributed by atoms with Crippen molar-refractivity contribution in [3.8, 4) is 6.07 Å². The van der Waals surface area contributed by atoms with Crippen molar-refractivity contribution in [2.45, 2.75) is 68.8 Å². The van der Waals surface area contributed by atoms with E-state index in [1.165, 1.54) is 30.1 Å². The normalized spacial score (nSPS) is 29.9. The predicted molar refractivity (Wildman–Crippen MR) is 137 cm³/mol. The average molecular weight is 490 g/mol. The van der Waals surface area contributed by atoms with Gasteiger partial charge in [0.05, 0.1) is 16.8 Å². The number of thioether (sulfide) groups is 1. The van der Waals surface area contributed by atoms with E-state index < -0.39 is 16.1 Å². The van der Waals surface area contributed by atoms with Gasteiger partial charge in [0, 0.05) is 31.1 Å². The van der Waals surface area contributed by atoms with Crippen LogP contribution in [0.2, 0.25) is 0 Å². The molecule has 3 aliphatic rings. The number of carbonyl (C=O) groups excluding carboxylic acids is 1. The van der Waals surface area contributed by atoms with Crippen molar-refractivity contribution in [3.63, 3.8) is 0 Å². The zero-order valence-corrected chi connectivity index (χ0v) is 20.9. The van der Waals surface area contributed by atoms with Gasteiger partial charge in [-0.15, -0.1) is 0 Å². The number of likely N-dealkylation sites (tertiary alicyclic amines) is 1. The molecule has 0 saturated carbocycles. The molecule has 1 amide bonds. The number of aliphatic imine (C=N–C) groups is 1. The molecule has 5 rings (SSSR count). The van der Waals surface area contributed by atoms with Crippen molar-refractivity contribution in [3.05, 3.63) is 64.5 Å². The molecular weight excluding hydrogens is 461 g/mol. The van der Waals surface area contributed by atoms with E-state index in [0.717, 1.165) is 24.0 Å². The molecule has 35 heavy (non-hydrogen) atoms. The number of fused-ring (bicyclic) bond motifs is 2. The number of aromatic nitrogens is 1. The molecule has 2 N–H and O–H groups in total. The molecule has 1 aromatic heterocycles. The van der Waals surface area contributed by atoms with E-state index in [1.54, 1.807) is 6.07 Å². The van der Waals surface area contributed by atoms with Crippen LogP contribution in [0.25, 0.3) is 11.9 Å². The van der Waals surface area contributed by atoms with Gasteiger partial charge in [0.25, 0.3) is 0 Å². The van der Waals surface area contributed by atoms with Gasteiger partial charge >= 0.3 is 0 Å². The van der Waals surface area contributed by atoms with E-state index in [2.05, 4.69) is 18.8 Å². The minimum absolute atomic E-state index is 0.125. The summed E-state index contributed by atoms with van der Waals surface area (Å²) >= 11 is 1.36. The number of amides is 1. The standard InChI is InChI=1S/C27H28FN5OS/c1-16-4-5-17(2)33(16)24(34)26(3)15-27(32-25(30)35-26)12-20-8-6-18(10-21(20)27)11-22(28)23-9-7-19(13-29)14-31-23/h6-11,14,16-17H,4-5,12,15H2,1-3H3,(H2,30,32)/b22-11-/t16-,17-,26-,27+/m1/s1. The number of hydrogen-bond donors (Lipinski definition) is 1. The van der Waals surface area contributed by atoms with Crippen LogP contribution in [0.3, 0.4) is 0 Å². The van der Waals surface area contributed by atoms with E-state index >= 15 is 0 Å². The van der Waals surface area contributed by atoms with Crippen LogP contribution >= 0.6 is 11.8 Å². The first-order chi connectivity index (χ1) is 16.6. The minimum atomic E-state index is -0.708. The largest absolute Gasteiger partial charge is 0.378 e. The van der Waals surface area contributed by atoms with Gasteiger partial charge in [-0.25, -0.2) is 4.39 Å². The summed E-state index contributed by atoms with van der Waals surface area (Å²) in [4.78, 5) is 24.6. The monoisotopic (exact) mass is 489 g/mol. The van der Waals surface area contributed by atoms with Crippen LogP contribution in [0.15, 0.2) is 41.5 Å². The quantitative estimate of drug-likeness (QED) is 0.669. The van der Waals surface area contributed by atoms with E-state index in [-0.39, 0.29) is 23.7 Å². The van der Waals surface area contributed by atoms with Crippen LogP contribution in [0.5, 0.6) is 0 Å². The third kappa shape index (κ3) is 4.02. The number of rotatable bonds is 3. The SMILES string of the molecule is C[C@@H]1CC[C@@H](C)N1C(=O)[C@@]1(C)C[C@]2(Cc3ccc(/C=C(\F)c4ccc(C#N)cn4)cc32)N=C(N)S1. The zero-order chi connectivity index (χ0) is 25.0. The van der Waals surface area contributed by atoms with Gasteiger partial charge in [0.2, 0.25) is 5.91 Å². The second-order valence-corrected chi connectivity index (χ2v) is 11.6. The number of benzene rings is 1. The van der Waals surface area contributed by atoms with Gasteiger partial charge in [-0.1, -0.05) is 23.9 Å². The number of amidine groups is 1. The van der Waals surface area contributed by atoms with Crippen LogP contribution in [0.1, 0.15) is 68.0 Å². The zero-order valence-electron chi connectivity index (χ0n) is 20.1. The average Bonchev–Trinajstić information content (AvgIpc) is 3.16. The molecule has 8 heteroatoms. The van der Waals surface area contributed by atoms with Gasteiger partial charge in [0.1, 0.15) is 16.6 Å². The molecule has 1 spiro atoms. The molecule has 2 aliphatic heterocycles. The number of halogens is 1. The van der Waals surface area contributed by atoms with Gasteiger partial charge in [-0.2, -0.15) is 5.26 Å². The lowest BCUT2D eigenvalue weighted by Crippen LogP contribution is -2.56. The number of nitrogens with two attached hydrogens (primary N) is 1. The molecule has 0 radical (unpaired) electrons. The Bertz CT molecular complexity index is 1290. The van der Waals surface area contributed by atoms with Gasteiger partial charge in [0.15, 0.2) is 5.17 Å². The van der Waals surface area contributed by atoms with Crippen molar-refractivity contribution in [2.75, 3.05) is 0 Å². The van der Waals surface area contributed by atoms with E-state index in [4.69, 9.17) is 16.0 Å². The van der Waals surface area contributed by atoms with E-state index in [0.29, 0.717) is 29.1 Å². The lowest BCUT2D eigenvalue weighted by molar-refractivity contribution is -0.136. The maximum Gasteiger partial charge on any atom is 0.239 e. The summed E-state index contributed by atoms with van der Waals surface area (Å²) < 4.78 is 14.2. The Labute approximate surface area is 209 Å². The van der Waals surface area contributed by atoms with Gasteiger partial charge < -0.3 is 10.6 Å². The van der Waals surface area contributed by atoms with Gasteiger partial charge in [-0.3, -0.25) is 14.8 Å².